The minimum absolute atomic E-state index is 0.00680. The van der Waals surface area contributed by atoms with Crippen LogP contribution >= 0.6 is 0 Å². The van der Waals surface area contributed by atoms with Gasteiger partial charge < -0.3 is 21.5 Å². The zero-order valence-corrected chi connectivity index (χ0v) is 10.9. The topological polar surface area (TPSA) is 107 Å². The number of carbonyl (C=O) groups is 2. The Bertz CT molecular complexity index is 296. The maximum Gasteiger partial charge on any atom is 0.243 e. The Morgan fingerprint density at radius 1 is 1.39 bits per heavy atom. The van der Waals surface area contributed by atoms with Crippen LogP contribution in [0.3, 0.4) is 0 Å². The van der Waals surface area contributed by atoms with Crippen molar-refractivity contribution in [3.63, 3.8) is 0 Å². The van der Waals surface area contributed by atoms with Gasteiger partial charge >= 0.3 is 0 Å². The summed E-state index contributed by atoms with van der Waals surface area (Å²) in [6, 6.07) is 0.112. The van der Waals surface area contributed by atoms with E-state index in [0.717, 1.165) is 19.3 Å². The summed E-state index contributed by atoms with van der Waals surface area (Å²) in [5.41, 5.74) is 10.9. The Labute approximate surface area is 107 Å². The fourth-order valence-corrected chi connectivity index (χ4v) is 2.16. The Hall–Kier alpha value is -1.14. The molecule has 18 heavy (non-hydrogen) atoms. The summed E-state index contributed by atoms with van der Waals surface area (Å²) in [5, 5.41) is 2.79. The molecule has 104 valence electrons. The van der Waals surface area contributed by atoms with Crippen molar-refractivity contribution in [1.82, 2.24) is 5.32 Å². The van der Waals surface area contributed by atoms with Crippen LogP contribution in [0.15, 0.2) is 0 Å². The van der Waals surface area contributed by atoms with Gasteiger partial charge in [0.05, 0.1) is 6.61 Å². The lowest BCUT2D eigenvalue weighted by molar-refractivity contribution is -0.126. The number of nitrogens with one attached hydrogen (secondary N) is 1. The number of ether oxygens (including phenoxy) is 1. The van der Waals surface area contributed by atoms with Crippen molar-refractivity contribution in [2.75, 3.05) is 19.8 Å². The predicted molar refractivity (Wildman–Crippen MR) is 67.5 cm³/mol. The van der Waals surface area contributed by atoms with Gasteiger partial charge in [-0.15, -0.1) is 0 Å². The minimum atomic E-state index is -0.506. The second-order valence-corrected chi connectivity index (χ2v) is 4.96. The molecule has 1 saturated carbocycles. The highest BCUT2D eigenvalue weighted by molar-refractivity contribution is 5.78. The van der Waals surface area contributed by atoms with E-state index in [1.807, 2.05) is 0 Å². The van der Waals surface area contributed by atoms with Crippen LogP contribution < -0.4 is 16.8 Å². The second-order valence-electron chi connectivity index (χ2n) is 4.96. The van der Waals surface area contributed by atoms with Crippen molar-refractivity contribution in [1.29, 1.82) is 0 Å². The van der Waals surface area contributed by atoms with Gasteiger partial charge in [-0.05, 0) is 25.2 Å². The normalized spacial score (nSPS) is 27.8. The standard InChI is InChI=1S/C12H23N3O3/c1-8-2-3-9(6-10(8)13)12(17)15-4-5-18-7-11(14)16/h8-10H,2-7,13H2,1H3,(H2,14,16)(H,15,17). The number of carbonyl (C=O) groups excluding carboxylic acids is 2. The number of hydrogen-bond acceptors (Lipinski definition) is 4. The lowest BCUT2D eigenvalue weighted by Crippen LogP contribution is -2.42. The summed E-state index contributed by atoms with van der Waals surface area (Å²) in [6.45, 7) is 2.70. The predicted octanol–water partition coefficient (Wildman–Crippen LogP) is -0.632. The first kappa shape index (κ1) is 14.9. The zero-order valence-electron chi connectivity index (χ0n) is 10.9. The van der Waals surface area contributed by atoms with E-state index >= 15 is 0 Å². The Morgan fingerprint density at radius 3 is 2.72 bits per heavy atom. The Kier molecular flexibility index (Phi) is 6.07. The van der Waals surface area contributed by atoms with Gasteiger partial charge in [-0.2, -0.15) is 0 Å². The van der Waals surface area contributed by atoms with Crippen molar-refractivity contribution < 1.29 is 14.3 Å². The molecule has 0 aromatic carbocycles. The Morgan fingerprint density at radius 2 is 2.11 bits per heavy atom. The average Bonchev–Trinajstić information content (AvgIpc) is 2.31. The molecule has 1 aliphatic carbocycles. The van der Waals surface area contributed by atoms with Crippen LogP contribution in [0.4, 0.5) is 0 Å². The summed E-state index contributed by atoms with van der Waals surface area (Å²) in [7, 11) is 0. The summed E-state index contributed by atoms with van der Waals surface area (Å²) in [4.78, 5) is 22.2. The summed E-state index contributed by atoms with van der Waals surface area (Å²) in [5.74, 6) is 0.0221. The van der Waals surface area contributed by atoms with Gasteiger partial charge in [0.2, 0.25) is 11.8 Å². The first-order valence-electron chi connectivity index (χ1n) is 6.40. The molecule has 0 bridgehead atoms. The summed E-state index contributed by atoms with van der Waals surface area (Å²) < 4.78 is 4.96. The molecule has 2 amide bonds. The Balaban J connectivity index is 2.15. The number of nitrogens with two attached hydrogens (primary N) is 2. The fraction of sp³-hybridized carbons (Fsp3) is 0.833. The SMILES string of the molecule is CC1CCC(C(=O)NCCOCC(N)=O)CC1N. The molecule has 0 spiro atoms. The summed E-state index contributed by atoms with van der Waals surface area (Å²) >= 11 is 0. The van der Waals surface area contributed by atoms with Crippen molar-refractivity contribution in [3.05, 3.63) is 0 Å². The highest BCUT2D eigenvalue weighted by atomic mass is 16.5. The third-order valence-corrected chi connectivity index (χ3v) is 3.42. The van der Waals surface area contributed by atoms with Gasteiger partial charge in [0, 0.05) is 18.5 Å². The van der Waals surface area contributed by atoms with E-state index in [4.69, 9.17) is 16.2 Å². The monoisotopic (exact) mass is 257 g/mol. The number of rotatable bonds is 6. The van der Waals surface area contributed by atoms with Gasteiger partial charge in [-0.1, -0.05) is 6.92 Å². The van der Waals surface area contributed by atoms with Crippen molar-refractivity contribution in [2.24, 2.45) is 23.3 Å². The molecular weight excluding hydrogens is 234 g/mol. The maximum absolute atomic E-state index is 11.8. The highest BCUT2D eigenvalue weighted by Crippen LogP contribution is 2.27. The van der Waals surface area contributed by atoms with Crippen LogP contribution in [0.1, 0.15) is 26.2 Å². The van der Waals surface area contributed by atoms with Gasteiger partial charge in [0.25, 0.3) is 0 Å². The molecule has 6 nitrogen and oxygen atoms in total. The molecule has 0 radical (unpaired) electrons. The van der Waals surface area contributed by atoms with Crippen molar-refractivity contribution in [2.45, 2.75) is 32.2 Å². The molecule has 0 aliphatic heterocycles. The molecule has 1 fully saturated rings. The number of hydrogen-bond donors (Lipinski definition) is 3. The van der Waals surface area contributed by atoms with Gasteiger partial charge in [0.1, 0.15) is 6.61 Å². The van der Waals surface area contributed by atoms with Gasteiger partial charge in [-0.3, -0.25) is 9.59 Å². The lowest BCUT2D eigenvalue weighted by Gasteiger charge is -2.30. The molecule has 5 N–H and O–H groups in total. The zero-order chi connectivity index (χ0) is 13.5. The van der Waals surface area contributed by atoms with Crippen LogP contribution in [0.2, 0.25) is 0 Å². The molecular formula is C12H23N3O3. The first-order chi connectivity index (χ1) is 8.50. The van der Waals surface area contributed by atoms with Gasteiger partial charge in [-0.25, -0.2) is 0 Å². The van der Waals surface area contributed by atoms with Gasteiger partial charge in [0.15, 0.2) is 0 Å². The molecule has 0 heterocycles. The summed E-state index contributed by atoms with van der Waals surface area (Å²) in [6.07, 6.45) is 2.63. The van der Waals surface area contributed by atoms with E-state index in [9.17, 15) is 9.59 Å². The minimum Gasteiger partial charge on any atom is -0.370 e. The molecule has 6 heteroatoms. The van der Waals surface area contributed by atoms with E-state index in [0.29, 0.717) is 19.1 Å². The smallest absolute Gasteiger partial charge is 0.243 e. The third-order valence-electron chi connectivity index (χ3n) is 3.42. The van der Waals surface area contributed by atoms with E-state index in [-0.39, 0.29) is 24.5 Å². The first-order valence-corrected chi connectivity index (χ1v) is 6.40. The highest BCUT2D eigenvalue weighted by Gasteiger charge is 2.29. The lowest BCUT2D eigenvalue weighted by atomic mass is 9.79. The molecule has 3 unspecified atom stereocenters. The van der Waals surface area contributed by atoms with Crippen LogP contribution in [0.25, 0.3) is 0 Å². The van der Waals surface area contributed by atoms with E-state index in [1.165, 1.54) is 0 Å². The number of amides is 2. The molecule has 0 aromatic rings. The van der Waals surface area contributed by atoms with E-state index in [1.54, 1.807) is 0 Å². The van der Waals surface area contributed by atoms with Crippen molar-refractivity contribution >= 4 is 11.8 Å². The molecule has 0 aromatic heterocycles. The fourth-order valence-electron chi connectivity index (χ4n) is 2.16. The number of primary amides is 1. The third kappa shape index (κ3) is 5.01. The maximum atomic E-state index is 11.8. The van der Waals surface area contributed by atoms with Crippen LogP contribution in [0, 0.1) is 11.8 Å². The molecule has 0 saturated heterocycles. The van der Waals surface area contributed by atoms with E-state index in [2.05, 4.69) is 12.2 Å². The molecule has 1 rings (SSSR count). The van der Waals surface area contributed by atoms with Crippen LogP contribution in [0.5, 0.6) is 0 Å². The van der Waals surface area contributed by atoms with Crippen LogP contribution in [-0.4, -0.2) is 37.6 Å². The molecule has 3 atom stereocenters. The van der Waals surface area contributed by atoms with Crippen molar-refractivity contribution in [3.8, 4) is 0 Å². The van der Waals surface area contributed by atoms with E-state index < -0.39 is 5.91 Å². The quantitative estimate of drug-likeness (QED) is 0.550. The average molecular weight is 257 g/mol. The van der Waals surface area contributed by atoms with Crippen LogP contribution in [-0.2, 0) is 14.3 Å². The largest absolute Gasteiger partial charge is 0.370 e. The second kappa shape index (κ2) is 7.33. The molecule has 1 aliphatic rings.